The molecule has 0 bridgehead atoms. The van der Waals surface area contributed by atoms with Crippen molar-refractivity contribution in [1.29, 1.82) is 0 Å². The third-order valence-corrected chi connectivity index (χ3v) is 11.1. The number of carbonyl (C=O) groups excluding carboxylic acids is 4. The van der Waals surface area contributed by atoms with E-state index in [1.807, 2.05) is 51.6 Å². The van der Waals surface area contributed by atoms with Crippen LogP contribution in [-0.2, 0) is 19.2 Å². The van der Waals surface area contributed by atoms with E-state index in [-0.39, 0.29) is 35.5 Å². The van der Waals surface area contributed by atoms with Gasteiger partial charge in [-0.15, -0.1) is 0 Å². The highest BCUT2D eigenvalue weighted by Crippen LogP contribution is 2.18. The maximum Gasteiger partial charge on any atom is 0.243 e. The minimum atomic E-state index is -0.477. The first-order chi connectivity index (χ1) is 26.9. The Balaban J connectivity index is 4.76. The van der Waals surface area contributed by atoms with Crippen LogP contribution in [-0.4, -0.2) is 97.2 Å². The fourth-order valence-corrected chi connectivity index (χ4v) is 7.69. The maximum absolute atomic E-state index is 13.5. The van der Waals surface area contributed by atoms with E-state index < -0.39 is 12.1 Å². The van der Waals surface area contributed by atoms with E-state index in [4.69, 9.17) is 0 Å². The molecule has 0 radical (unpaired) electrons. The van der Waals surface area contributed by atoms with E-state index in [0.29, 0.717) is 39.0 Å². The maximum atomic E-state index is 13.5. The molecule has 330 valence electrons. The molecule has 4 amide bonds. The molecule has 0 fully saturated rings. The van der Waals surface area contributed by atoms with Crippen molar-refractivity contribution in [2.45, 2.75) is 221 Å². The third kappa shape index (κ3) is 26.7. The van der Waals surface area contributed by atoms with Crippen molar-refractivity contribution < 1.29 is 19.2 Å². The average Bonchev–Trinajstić information content (AvgIpc) is 3.15. The van der Waals surface area contributed by atoms with Gasteiger partial charge in [-0.2, -0.15) is 0 Å². The normalized spacial score (nSPS) is 12.6. The van der Waals surface area contributed by atoms with Crippen LogP contribution in [0.1, 0.15) is 209 Å². The first-order valence-electron chi connectivity index (χ1n) is 23.7. The van der Waals surface area contributed by atoms with Gasteiger partial charge in [0.25, 0.3) is 0 Å². The van der Waals surface area contributed by atoms with Crippen LogP contribution in [0.2, 0.25) is 0 Å². The number of unbranched alkanes of at least 4 members (excludes halogenated alkanes) is 19. The van der Waals surface area contributed by atoms with Gasteiger partial charge >= 0.3 is 0 Å². The van der Waals surface area contributed by atoms with E-state index in [0.717, 1.165) is 64.3 Å². The van der Waals surface area contributed by atoms with Crippen LogP contribution >= 0.6 is 0 Å². The van der Waals surface area contributed by atoms with Gasteiger partial charge in [-0.25, -0.2) is 0 Å². The number of nitrogens with one attached hydrogen (secondary N) is 2. The summed E-state index contributed by atoms with van der Waals surface area (Å²) in [7, 11) is 4.01. The fraction of sp³-hybridized carbons (Fsp3) is 0.915. The molecule has 9 nitrogen and oxygen atoms in total. The molecule has 0 spiro atoms. The second-order valence-electron chi connectivity index (χ2n) is 17.5. The Hall–Kier alpha value is -2.16. The molecule has 0 aromatic rings. The minimum Gasteiger partial charge on any atom is -0.354 e. The summed E-state index contributed by atoms with van der Waals surface area (Å²) in [6.07, 6.45) is 27.3. The second-order valence-corrected chi connectivity index (χ2v) is 17.5. The van der Waals surface area contributed by atoms with Gasteiger partial charge in [-0.05, 0) is 58.0 Å². The van der Waals surface area contributed by atoms with Crippen LogP contribution in [0.5, 0.6) is 0 Å². The molecular formula is C47H93N5O4. The highest BCUT2D eigenvalue weighted by atomic mass is 16.2. The van der Waals surface area contributed by atoms with Crippen LogP contribution in [0, 0.1) is 11.8 Å². The van der Waals surface area contributed by atoms with Gasteiger partial charge < -0.3 is 25.3 Å². The number of hydrogen-bond donors (Lipinski definition) is 2. The summed E-state index contributed by atoms with van der Waals surface area (Å²) in [4.78, 5) is 59.5. The largest absolute Gasteiger partial charge is 0.354 e. The highest BCUT2D eigenvalue weighted by molar-refractivity contribution is 5.88. The predicted octanol–water partition coefficient (Wildman–Crippen LogP) is 10.3. The zero-order chi connectivity index (χ0) is 42.0. The smallest absolute Gasteiger partial charge is 0.243 e. The predicted molar refractivity (Wildman–Crippen MR) is 238 cm³/mol. The highest BCUT2D eigenvalue weighted by Gasteiger charge is 2.33. The van der Waals surface area contributed by atoms with E-state index >= 15 is 0 Å². The molecule has 0 aliphatic rings. The Morgan fingerprint density at radius 1 is 0.411 bits per heavy atom. The number of hydrogen-bond acceptors (Lipinski definition) is 5. The molecule has 0 aliphatic carbocycles. The van der Waals surface area contributed by atoms with Gasteiger partial charge in [0.2, 0.25) is 23.6 Å². The second kappa shape index (κ2) is 36.0. The van der Waals surface area contributed by atoms with Gasteiger partial charge in [0.05, 0.1) is 0 Å². The van der Waals surface area contributed by atoms with E-state index in [1.165, 1.54) is 89.9 Å². The van der Waals surface area contributed by atoms with Crippen molar-refractivity contribution in [2.75, 3.05) is 46.8 Å². The van der Waals surface area contributed by atoms with Gasteiger partial charge in [0, 0.05) is 45.6 Å². The lowest BCUT2D eigenvalue weighted by Gasteiger charge is -2.34. The van der Waals surface area contributed by atoms with Crippen LogP contribution in [0.15, 0.2) is 0 Å². The van der Waals surface area contributed by atoms with E-state index in [9.17, 15) is 19.2 Å². The summed E-state index contributed by atoms with van der Waals surface area (Å²) in [5.41, 5.74) is 0. The Morgan fingerprint density at radius 2 is 0.732 bits per heavy atom. The van der Waals surface area contributed by atoms with Crippen molar-refractivity contribution in [2.24, 2.45) is 11.8 Å². The molecule has 9 heteroatoms. The monoisotopic (exact) mass is 792 g/mol. The molecule has 2 unspecified atom stereocenters. The van der Waals surface area contributed by atoms with Crippen molar-refractivity contribution in [3.63, 3.8) is 0 Å². The third-order valence-electron chi connectivity index (χ3n) is 11.1. The van der Waals surface area contributed by atoms with Crippen molar-refractivity contribution in [3.05, 3.63) is 0 Å². The summed E-state index contributed by atoms with van der Waals surface area (Å²) in [5, 5.41) is 6.28. The number of nitrogens with zero attached hydrogens (tertiary/aromatic N) is 3. The molecule has 2 atom stereocenters. The molecule has 2 N–H and O–H groups in total. The van der Waals surface area contributed by atoms with Crippen LogP contribution in [0.4, 0.5) is 0 Å². The van der Waals surface area contributed by atoms with Gasteiger partial charge in [0.1, 0.15) is 12.1 Å². The minimum absolute atomic E-state index is 0.0148. The number of amides is 4. The first kappa shape index (κ1) is 53.8. The molecule has 0 heterocycles. The topological polar surface area (TPSA) is 102 Å². The molecule has 0 aromatic heterocycles. The summed E-state index contributed by atoms with van der Waals surface area (Å²) in [6, 6.07) is -0.922. The average molecular weight is 792 g/mol. The van der Waals surface area contributed by atoms with E-state index in [1.54, 1.807) is 0 Å². The summed E-state index contributed by atoms with van der Waals surface area (Å²) in [6.45, 7) is 17.7. The molecular weight excluding hydrogens is 699 g/mol. The number of carbonyl (C=O) groups is 4. The van der Waals surface area contributed by atoms with Crippen molar-refractivity contribution in [3.8, 4) is 0 Å². The van der Waals surface area contributed by atoms with Crippen LogP contribution in [0.3, 0.4) is 0 Å². The standard InChI is InChI=1S/C47H93N5O4/c1-10-13-15-17-19-21-23-25-29-33-42(53)51(37-12-3)44(40(4)5)46(55)48-35-31-27-28-32-36-49-47(56)45(41(6)7)52(39-38-50(8)9)43(54)34-30-26-24-22-20-18-16-14-11-2/h40-41,44-45H,10-39H2,1-9H3,(H,48,55)(H,49,56). The number of likely N-dealkylation sites (N-methyl/N-ethyl adjacent to an activating group) is 1. The molecule has 0 saturated heterocycles. The van der Waals surface area contributed by atoms with E-state index in [2.05, 4.69) is 36.3 Å². The Kier molecular flexibility index (Phi) is 34.6. The molecule has 0 aliphatic heterocycles. The first-order valence-corrected chi connectivity index (χ1v) is 23.7. The lowest BCUT2D eigenvalue weighted by atomic mass is 9.99. The summed E-state index contributed by atoms with van der Waals surface area (Å²) in [5.74, 6) is 0.139. The Labute approximate surface area is 347 Å². The lowest BCUT2D eigenvalue weighted by Crippen LogP contribution is -2.54. The quantitative estimate of drug-likeness (QED) is 0.0607. The molecule has 0 rings (SSSR count). The Bertz CT molecular complexity index is 988. The van der Waals surface area contributed by atoms with Gasteiger partial charge in [0.15, 0.2) is 0 Å². The fourth-order valence-electron chi connectivity index (χ4n) is 7.69. The summed E-state index contributed by atoms with van der Waals surface area (Å²) >= 11 is 0. The zero-order valence-electron chi connectivity index (χ0n) is 38.5. The summed E-state index contributed by atoms with van der Waals surface area (Å²) < 4.78 is 0. The van der Waals surface area contributed by atoms with Gasteiger partial charge in [-0.1, -0.05) is 164 Å². The SMILES string of the molecule is CCCCCCCCCCCC(=O)N(CCC)C(C(=O)NCCCCCCNC(=O)C(C(C)C)N(CCN(C)C)C(=O)CCCCCCCCCCC)C(C)C. The van der Waals surface area contributed by atoms with Gasteiger partial charge in [-0.3, -0.25) is 19.2 Å². The van der Waals surface area contributed by atoms with Crippen molar-refractivity contribution >= 4 is 23.6 Å². The van der Waals surface area contributed by atoms with Crippen molar-refractivity contribution in [1.82, 2.24) is 25.3 Å². The molecule has 56 heavy (non-hydrogen) atoms. The Morgan fingerprint density at radius 3 is 1.05 bits per heavy atom. The molecule has 0 aromatic carbocycles. The van der Waals surface area contributed by atoms with Crippen LogP contribution < -0.4 is 10.6 Å². The molecule has 0 saturated carbocycles. The zero-order valence-corrected chi connectivity index (χ0v) is 38.5. The lowest BCUT2D eigenvalue weighted by molar-refractivity contribution is -0.142. The number of rotatable bonds is 38. The van der Waals surface area contributed by atoms with Crippen LogP contribution in [0.25, 0.3) is 0 Å².